The van der Waals surface area contributed by atoms with Crippen LogP contribution < -0.4 is 4.90 Å². The number of anilines is 1. The fraction of sp³-hybridized carbons (Fsp3) is 0.600. The summed E-state index contributed by atoms with van der Waals surface area (Å²) in [5, 5.41) is 0.519. The Morgan fingerprint density at radius 2 is 2.33 bits per heavy atom. The minimum absolute atomic E-state index is 0.398. The largest absolute Gasteiger partial charge is 0.379 e. The molecule has 2 heterocycles. The number of aromatic nitrogens is 2. The number of halogens is 1. The van der Waals surface area contributed by atoms with Crippen LogP contribution in [0.5, 0.6) is 0 Å². The lowest BCUT2D eigenvalue weighted by molar-refractivity contribution is 0.193. The normalized spacial score (nSPS) is 20.6. The third kappa shape index (κ3) is 2.06. The van der Waals surface area contributed by atoms with Gasteiger partial charge in [-0.1, -0.05) is 11.6 Å². The molecule has 2 rings (SSSR count). The molecule has 0 aromatic carbocycles. The molecule has 5 heteroatoms. The van der Waals surface area contributed by atoms with Crippen LogP contribution in [0.15, 0.2) is 6.33 Å². The van der Waals surface area contributed by atoms with Crippen molar-refractivity contribution in [1.82, 2.24) is 9.97 Å². The van der Waals surface area contributed by atoms with Crippen LogP contribution in [0.3, 0.4) is 0 Å². The predicted octanol–water partition coefficient (Wildman–Crippen LogP) is 1.66. The molecule has 1 atom stereocenters. The number of hydrogen-bond acceptors (Lipinski definition) is 4. The molecular formula is C10H14ClN3O. The average Bonchev–Trinajstić information content (AvgIpc) is 2.74. The van der Waals surface area contributed by atoms with E-state index in [1.807, 2.05) is 14.0 Å². The lowest BCUT2D eigenvalue weighted by Gasteiger charge is -2.25. The number of nitrogens with zero attached hydrogens (tertiary/aromatic N) is 3. The van der Waals surface area contributed by atoms with Crippen LogP contribution in [0.2, 0.25) is 5.15 Å². The first-order valence-corrected chi connectivity index (χ1v) is 5.35. The molecule has 0 aliphatic carbocycles. The Labute approximate surface area is 94.2 Å². The first-order valence-electron chi connectivity index (χ1n) is 4.98. The van der Waals surface area contributed by atoms with Crippen LogP contribution >= 0.6 is 11.6 Å². The van der Waals surface area contributed by atoms with Gasteiger partial charge in [0, 0.05) is 19.2 Å². The molecule has 0 radical (unpaired) electrons. The van der Waals surface area contributed by atoms with Crippen molar-refractivity contribution in [3.8, 4) is 0 Å². The van der Waals surface area contributed by atoms with Gasteiger partial charge in [0.15, 0.2) is 0 Å². The molecule has 1 fully saturated rings. The second-order valence-electron chi connectivity index (χ2n) is 3.74. The predicted molar refractivity (Wildman–Crippen MR) is 59.4 cm³/mol. The molecule has 4 nitrogen and oxygen atoms in total. The molecule has 1 aromatic heterocycles. The van der Waals surface area contributed by atoms with Gasteiger partial charge in [-0.05, 0) is 13.3 Å². The Bertz CT molecular complexity index is 353. The van der Waals surface area contributed by atoms with E-state index in [4.69, 9.17) is 16.3 Å². The van der Waals surface area contributed by atoms with Crippen LogP contribution in [0.25, 0.3) is 0 Å². The Balaban J connectivity index is 2.24. The van der Waals surface area contributed by atoms with Gasteiger partial charge >= 0.3 is 0 Å². The van der Waals surface area contributed by atoms with E-state index in [-0.39, 0.29) is 0 Å². The van der Waals surface area contributed by atoms with Gasteiger partial charge in [0.1, 0.15) is 17.3 Å². The van der Waals surface area contributed by atoms with Crippen LogP contribution in [0, 0.1) is 6.92 Å². The molecule has 0 amide bonds. The summed E-state index contributed by atoms with van der Waals surface area (Å²) >= 11 is 5.96. The number of ether oxygens (including phenoxy) is 1. The van der Waals surface area contributed by atoms with Gasteiger partial charge in [-0.3, -0.25) is 0 Å². The van der Waals surface area contributed by atoms with Crippen molar-refractivity contribution < 1.29 is 4.74 Å². The first-order chi connectivity index (χ1) is 7.20. The number of hydrogen-bond donors (Lipinski definition) is 0. The molecule has 0 spiro atoms. The van der Waals surface area contributed by atoms with E-state index in [0.29, 0.717) is 11.2 Å². The molecule has 1 aromatic rings. The van der Waals surface area contributed by atoms with Crippen molar-refractivity contribution in [2.75, 3.05) is 25.2 Å². The summed E-state index contributed by atoms with van der Waals surface area (Å²) in [6.07, 6.45) is 2.54. The van der Waals surface area contributed by atoms with Crippen LogP contribution in [-0.2, 0) is 4.74 Å². The SMILES string of the molecule is Cc1c(Cl)ncnc1N(C)C1CCOC1. The third-order valence-electron chi connectivity index (χ3n) is 2.78. The number of rotatable bonds is 2. The molecular weight excluding hydrogens is 214 g/mol. The van der Waals surface area contributed by atoms with Crippen molar-refractivity contribution in [1.29, 1.82) is 0 Å². The van der Waals surface area contributed by atoms with Crippen LogP contribution in [0.4, 0.5) is 5.82 Å². The molecule has 1 aliphatic rings. The summed E-state index contributed by atoms with van der Waals surface area (Å²) in [4.78, 5) is 10.3. The van der Waals surface area contributed by atoms with E-state index in [1.54, 1.807) is 0 Å². The highest BCUT2D eigenvalue weighted by molar-refractivity contribution is 6.30. The summed E-state index contributed by atoms with van der Waals surface area (Å²) in [7, 11) is 2.02. The lowest BCUT2D eigenvalue weighted by atomic mass is 10.2. The maximum absolute atomic E-state index is 5.96. The van der Waals surface area contributed by atoms with Crippen molar-refractivity contribution >= 4 is 17.4 Å². The van der Waals surface area contributed by atoms with Gasteiger partial charge in [0.25, 0.3) is 0 Å². The van der Waals surface area contributed by atoms with E-state index in [9.17, 15) is 0 Å². The summed E-state index contributed by atoms with van der Waals surface area (Å²) in [6, 6.07) is 0.398. The minimum Gasteiger partial charge on any atom is -0.379 e. The fourth-order valence-corrected chi connectivity index (χ4v) is 1.90. The lowest BCUT2D eigenvalue weighted by Crippen LogP contribution is -2.33. The Morgan fingerprint density at radius 3 is 3.00 bits per heavy atom. The van der Waals surface area contributed by atoms with Crippen LogP contribution in [-0.4, -0.2) is 36.3 Å². The highest BCUT2D eigenvalue weighted by atomic mass is 35.5. The zero-order valence-corrected chi connectivity index (χ0v) is 9.66. The monoisotopic (exact) mass is 227 g/mol. The maximum Gasteiger partial charge on any atom is 0.137 e. The Kier molecular flexibility index (Phi) is 3.07. The van der Waals surface area contributed by atoms with E-state index in [0.717, 1.165) is 31.0 Å². The summed E-state index contributed by atoms with van der Waals surface area (Å²) in [5.41, 5.74) is 0.925. The highest BCUT2D eigenvalue weighted by Gasteiger charge is 2.23. The van der Waals surface area contributed by atoms with E-state index in [2.05, 4.69) is 14.9 Å². The number of likely N-dealkylation sites (N-methyl/N-ethyl adjacent to an activating group) is 1. The minimum atomic E-state index is 0.398. The molecule has 0 saturated carbocycles. The van der Waals surface area contributed by atoms with Crippen molar-refractivity contribution in [2.24, 2.45) is 0 Å². The van der Waals surface area contributed by atoms with Gasteiger partial charge < -0.3 is 9.64 Å². The smallest absolute Gasteiger partial charge is 0.137 e. The van der Waals surface area contributed by atoms with Gasteiger partial charge in [0.05, 0.1) is 12.6 Å². The molecule has 1 aliphatic heterocycles. The highest BCUT2D eigenvalue weighted by Crippen LogP contribution is 2.24. The third-order valence-corrected chi connectivity index (χ3v) is 3.16. The van der Waals surface area contributed by atoms with Gasteiger partial charge in [-0.2, -0.15) is 0 Å². The summed E-state index contributed by atoms with van der Waals surface area (Å²) < 4.78 is 5.35. The maximum atomic E-state index is 5.96. The van der Waals surface area contributed by atoms with E-state index < -0.39 is 0 Å². The molecule has 82 valence electrons. The second-order valence-corrected chi connectivity index (χ2v) is 4.10. The van der Waals surface area contributed by atoms with Crippen molar-refractivity contribution in [3.05, 3.63) is 17.0 Å². The second kappa shape index (κ2) is 4.33. The molecule has 1 unspecified atom stereocenters. The topological polar surface area (TPSA) is 38.2 Å². The zero-order chi connectivity index (χ0) is 10.8. The van der Waals surface area contributed by atoms with Gasteiger partial charge in [0.2, 0.25) is 0 Å². The molecule has 0 N–H and O–H groups in total. The summed E-state index contributed by atoms with van der Waals surface area (Å²) in [6.45, 7) is 3.52. The quantitative estimate of drug-likeness (QED) is 0.721. The first kappa shape index (κ1) is 10.6. The van der Waals surface area contributed by atoms with E-state index >= 15 is 0 Å². The van der Waals surface area contributed by atoms with E-state index in [1.165, 1.54) is 6.33 Å². The molecule has 15 heavy (non-hydrogen) atoms. The van der Waals surface area contributed by atoms with Crippen LogP contribution in [0.1, 0.15) is 12.0 Å². The molecule has 0 bridgehead atoms. The van der Waals surface area contributed by atoms with Gasteiger partial charge in [-0.15, -0.1) is 0 Å². The van der Waals surface area contributed by atoms with Gasteiger partial charge in [-0.25, -0.2) is 9.97 Å². The zero-order valence-electron chi connectivity index (χ0n) is 8.90. The standard InChI is InChI=1S/C10H14ClN3O/c1-7-9(11)12-6-13-10(7)14(2)8-3-4-15-5-8/h6,8H,3-5H2,1-2H3. The van der Waals surface area contributed by atoms with Crippen molar-refractivity contribution in [3.63, 3.8) is 0 Å². The Morgan fingerprint density at radius 1 is 1.53 bits per heavy atom. The summed E-state index contributed by atoms with van der Waals surface area (Å²) in [5.74, 6) is 0.894. The average molecular weight is 228 g/mol. The van der Waals surface area contributed by atoms with Crippen molar-refractivity contribution in [2.45, 2.75) is 19.4 Å². The molecule has 1 saturated heterocycles. The Hall–Kier alpha value is -0.870. The fourth-order valence-electron chi connectivity index (χ4n) is 1.78.